The maximum atomic E-state index is 13.6. The zero-order valence-electron chi connectivity index (χ0n) is 19.4. The molecule has 6 nitrogen and oxygen atoms in total. The van der Waals surface area contributed by atoms with Gasteiger partial charge in [-0.25, -0.2) is 4.79 Å². The molecule has 1 N–H and O–H groups in total. The monoisotopic (exact) mass is 439 g/mol. The summed E-state index contributed by atoms with van der Waals surface area (Å²) in [4.78, 5) is 26.1. The van der Waals surface area contributed by atoms with E-state index in [1.807, 2.05) is 38.1 Å². The van der Waals surface area contributed by atoms with Crippen molar-refractivity contribution in [3.63, 3.8) is 0 Å². The van der Waals surface area contributed by atoms with Gasteiger partial charge in [0.2, 0.25) is 5.91 Å². The van der Waals surface area contributed by atoms with Crippen LogP contribution in [0.3, 0.4) is 0 Å². The lowest BCUT2D eigenvalue weighted by Crippen LogP contribution is -2.42. The highest BCUT2D eigenvalue weighted by atomic mass is 16.5. The molecule has 0 aromatic heterocycles. The molecule has 1 aliphatic carbocycles. The van der Waals surface area contributed by atoms with Crippen LogP contribution >= 0.6 is 0 Å². The molecule has 0 radical (unpaired) electrons. The SMILES string of the molecule is CCOC(=O)c1cc(NC(=O)C2(c3ccc(OC)cc3)CCCCC2)ccc1OC(C)C. The van der Waals surface area contributed by atoms with Crippen molar-refractivity contribution in [3.05, 3.63) is 53.6 Å². The normalized spacial score (nSPS) is 15.2. The number of ether oxygens (including phenoxy) is 3. The zero-order chi connectivity index (χ0) is 23.1. The molecule has 1 saturated carbocycles. The Labute approximate surface area is 190 Å². The fourth-order valence-electron chi connectivity index (χ4n) is 4.30. The first-order valence-electron chi connectivity index (χ1n) is 11.3. The van der Waals surface area contributed by atoms with Crippen molar-refractivity contribution in [3.8, 4) is 11.5 Å². The van der Waals surface area contributed by atoms with Crippen molar-refractivity contribution in [2.75, 3.05) is 19.0 Å². The third kappa shape index (κ3) is 5.23. The molecule has 0 unspecified atom stereocenters. The van der Waals surface area contributed by atoms with E-state index in [-0.39, 0.29) is 18.6 Å². The summed E-state index contributed by atoms with van der Waals surface area (Å²) >= 11 is 0. The Morgan fingerprint density at radius 3 is 2.31 bits per heavy atom. The van der Waals surface area contributed by atoms with Crippen LogP contribution in [0.2, 0.25) is 0 Å². The average molecular weight is 440 g/mol. The van der Waals surface area contributed by atoms with E-state index in [1.54, 1.807) is 32.2 Å². The molecule has 0 aliphatic heterocycles. The Morgan fingerprint density at radius 2 is 1.72 bits per heavy atom. The zero-order valence-corrected chi connectivity index (χ0v) is 19.4. The number of amides is 1. The number of methoxy groups -OCH3 is 1. The predicted molar refractivity (Wildman–Crippen MR) is 125 cm³/mol. The maximum absolute atomic E-state index is 13.6. The van der Waals surface area contributed by atoms with E-state index in [4.69, 9.17) is 14.2 Å². The fourth-order valence-corrected chi connectivity index (χ4v) is 4.30. The molecule has 0 spiro atoms. The Morgan fingerprint density at radius 1 is 1.03 bits per heavy atom. The standard InChI is InChI=1S/C26H33NO5/c1-5-31-24(28)22-17-20(11-14-23(22)32-18(2)3)27-25(29)26(15-7-6-8-16-26)19-9-12-21(30-4)13-10-19/h9-14,17-18H,5-8,15-16H2,1-4H3,(H,27,29). The lowest BCUT2D eigenvalue weighted by atomic mass is 9.68. The lowest BCUT2D eigenvalue weighted by Gasteiger charge is -2.36. The third-order valence-electron chi connectivity index (χ3n) is 5.88. The first-order valence-corrected chi connectivity index (χ1v) is 11.3. The summed E-state index contributed by atoms with van der Waals surface area (Å²) < 4.78 is 16.3. The molecule has 1 aliphatic rings. The van der Waals surface area contributed by atoms with Gasteiger partial charge in [-0.05, 0) is 69.5 Å². The molecule has 3 rings (SSSR count). The summed E-state index contributed by atoms with van der Waals surface area (Å²) in [7, 11) is 1.63. The van der Waals surface area contributed by atoms with Gasteiger partial charge in [-0.1, -0.05) is 31.4 Å². The van der Waals surface area contributed by atoms with Crippen molar-refractivity contribution in [2.45, 2.75) is 64.4 Å². The first kappa shape index (κ1) is 23.6. The highest BCUT2D eigenvalue weighted by Crippen LogP contribution is 2.41. The molecule has 0 bridgehead atoms. The number of rotatable bonds is 8. The summed E-state index contributed by atoms with van der Waals surface area (Å²) in [5.41, 5.74) is 1.23. The number of benzene rings is 2. The molecule has 0 heterocycles. The van der Waals surface area contributed by atoms with E-state index in [0.717, 1.165) is 43.4 Å². The van der Waals surface area contributed by atoms with Crippen LogP contribution < -0.4 is 14.8 Å². The van der Waals surface area contributed by atoms with E-state index in [2.05, 4.69) is 5.32 Å². The topological polar surface area (TPSA) is 73.9 Å². The second-order valence-electron chi connectivity index (χ2n) is 8.42. The number of hydrogen-bond donors (Lipinski definition) is 1. The van der Waals surface area contributed by atoms with Gasteiger partial charge in [-0.3, -0.25) is 4.79 Å². The largest absolute Gasteiger partial charge is 0.497 e. The number of carbonyl (C=O) groups is 2. The minimum atomic E-state index is -0.609. The van der Waals surface area contributed by atoms with Gasteiger partial charge in [-0.15, -0.1) is 0 Å². The molecular formula is C26H33NO5. The summed E-state index contributed by atoms with van der Waals surface area (Å²) in [5.74, 6) is 0.676. The number of carbonyl (C=O) groups excluding carboxylic acids is 2. The van der Waals surface area contributed by atoms with Crippen LogP contribution in [0, 0.1) is 0 Å². The van der Waals surface area contributed by atoms with Crippen LogP contribution in [0.4, 0.5) is 5.69 Å². The van der Waals surface area contributed by atoms with Gasteiger partial charge in [0.05, 0.1) is 25.2 Å². The highest BCUT2D eigenvalue weighted by Gasteiger charge is 2.41. The van der Waals surface area contributed by atoms with Crippen LogP contribution in [0.1, 0.15) is 68.8 Å². The third-order valence-corrected chi connectivity index (χ3v) is 5.88. The van der Waals surface area contributed by atoms with Crippen molar-refractivity contribution in [2.24, 2.45) is 0 Å². The lowest BCUT2D eigenvalue weighted by molar-refractivity contribution is -0.122. The van der Waals surface area contributed by atoms with E-state index in [9.17, 15) is 9.59 Å². The Hall–Kier alpha value is -3.02. The van der Waals surface area contributed by atoms with E-state index < -0.39 is 11.4 Å². The molecule has 1 fully saturated rings. The molecule has 1 amide bonds. The number of esters is 1. The summed E-state index contributed by atoms with van der Waals surface area (Å²) in [6, 6.07) is 12.9. The molecule has 172 valence electrons. The second-order valence-corrected chi connectivity index (χ2v) is 8.42. The molecule has 0 atom stereocenters. The average Bonchev–Trinajstić information content (AvgIpc) is 2.80. The molecule has 0 saturated heterocycles. The van der Waals surface area contributed by atoms with Crippen molar-refractivity contribution in [1.29, 1.82) is 0 Å². The Bertz CT molecular complexity index is 930. The quantitative estimate of drug-likeness (QED) is 0.550. The van der Waals surface area contributed by atoms with Crippen molar-refractivity contribution < 1.29 is 23.8 Å². The molecule has 2 aromatic rings. The Balaban J connectivity index is 1.91. The van der Waals surface area contributed by atoms with E-state index in [1.165, 1.54) is 0 Å². The smallest absolute Gasteiger partial charge is 0.341 e. The summed E-state index contributed by atoms with van der Waals surface area (Å²) in [6.07, 6.45) is 4.58. The molecule has 6 heteroatoms. The van der Waals surface area contributed by atoms with Crippen molar-refractivity contribution in [1.82, 2.24) is 0 Å². The van der Waals surface area contributed by atoms with Gasteiger partial charge >= 0.3 is 5.97 Å². The number of hydrogen-bond acceptors (Lipinski definition) is 5. The fraction of sp³-hybridized carbons (Fsp3) is 0.462. The van der Waals surface area contributed by atoms with E-state index in [0.29, 0.717) is 17.0 Å². The molecule has 32 heavy (non-hydrogen) atoms. The van der Waals surface area contributed by atoms with Crippen LogP contribution in [-0.2, 0) is 14.9 Å². The first-order chi connectivity index (χ1) is 15.4. The van der Waals surface area contributed by atoms with Gasteiger partial charge in [-0.2, -0.15) is 0 Å². The van der Waals surface area contributed by atoms with Gasteiger partial charge in [0.15, 0.2) is 0 Å². The number of anilines is 1. The summed E-state index contributed by atoms with van der Waals surface area (Å²) in [5, 5.41) is 3.06. The molecular weight excluding hydrogens is 406 g/mol. The van der Waals surface area contributed by atoms with Crippen LogP contribution in [0.15, 0.2) is 42.5 Å². The second kappa shape index (κ2) is 10.5. The van der Waals surface area contributed by atoms with Gasteiger partial charge in [0, 0.05) is 5.69 Å². The number of nitrogens with one attached hydrogen (secondary N) is 1. The van der Waals surface area contributed by atoms with Gasteiger partial charge in [0.25, 0.3) is 0 Å². The van der Waals surface area contributed by atoms with Gasteiger partial charge < -0.3 is 19.5 Å². The van der Waals surface area contributed by atoms with Gasteiger partial charge in [0.1, 0.15) is 17.1 Å². The molecule has 2 aromatic carbocycles. The minimum absolute atomic E-state index is 0.0605. The van der Waals surface area contributed by atoms with Crippen LogP contribution in [0.25, 0.3) is 0 Å². The van der Waals surface area contributed by atoms with Crippen LogP contribution in [0.5, 0.6) is 11.5 Å². The maximum Gasteiger partial charge on any atom is 0.341 e. The van der Waals surface area contributed by atoms with Crippen molar-refractivity contribution >= 4 is 17.6 Å². The van der Waals surface area contributed by atoms with E-state index >= 15 is 0 Å². The highest BCUT2D eigenvalue weighted by molar-refractivity contribution is 6.01. The minimum Gasteiger partial charge on any atom is -0.497 e. The summed E-state index contributed by atoms with van der Waals surface area (Å²) in [6.45, 7) is 5.81. The Kier molecular flexibility index (Phi) is 7.78. The van der Waals surface area contributed by atoms with Crippen LogP contribution in [-0.4, -0.2) is 31.7 Å². The predicted octanol–water partition coefficient (Wildman–Crippen LogP) is 5.50.